The van der Waals surface area contributed by atoms with Crippen LogP contribution in [0.25, 0.3) is 0 Å². The second-order valence-electron chi connectivity index (χ2n) is 5.87. The van der Waals surface area contributed by atoms with E-state index in [9.17, 15) is 9.59 Å². The molecule has 1 radical (unpaired) electrons. The molecule has 1 rings (SSSR count). The Morgan fingerprint density at radius 1 is 1.32 bits per heavy atom. The van der Waals surface area contributed by atoms with Gasteiger partial charge in [0.15, 0.2) is 0 Å². The zero-order valence-electron chi connectivity index (χ0n) is 12.2. The Labute approximate surface area is 115 Å². The van der Waals surface area contributed by atoms with Crippen molar-refractivity contribution in [2.75, 3.05) is 13.1 Å². The zero-order valence-corrected chi connectivity index (χ0v) is 12.2. The average molecular weight is 269 g/mol. The van der Waals surface area contributed by atoms with Crippen molar-refractivity contribution in [3.63, 3.8) is 0 Å². The molecule has 1 atom stereocenters. The van der Waals surface area contributed by atoms with E-state index in [2.05, 4.69) is 12.2 Å². The van der Waals surface area contributed by atoms with Crippen LogP contribution in [0, 0.1) is 6.92 Å². The van der Waals surface area contributed by atoms with Gasteiger partial charge in [0.05, 0.1) is 0 Å². The smallest absolute Gasteiger partial charge is 0.408 e. The van der Waals surface area contributed by atoms with Crippen molar-refractivity contribution in [3.8, 4) is 0 Å². The van der Waals surface area contributed by atoms with E-state index in [-0.39, 0.29) is 5.91 Å². The molecule has 0 aliphatic carbocycles. The first-order valence-corrected chi connectivity index (χ1v) is 6.91. The Morgan fingerprint density at radius 3 is 2.37 bits per heavy atom. The van der Waals surface area contributed by atoms with Gasteiger partial charge in [0.25, 0.3) is 0 Å². The quantitative estimate of drug-likeness (QED) is 0.850. The average Bonchev–Trinajstić information content (AvgIpc) is 2.78. The number of carbonyl (C=O) groups excluding carboxylic acids is 2. The van der Waals surface area contributed by atoms with Gasteiger partial charge in [0, 0.05) is 13.1 Å². The molecule has 19 heavy (non-hydrogen) atoms. The van der Waals surface area contributed by atoms with E-state index in [1.54, 1.807) is 25.7 Å². The van der Waals surface area contributed by atoms with Crippen molar-refractivity contribution < 1.29 is 14.3 Å². The molecule has 0 unspecified atom stereocenters. The van der Waals surface area contributed by atoms with Gasteiger partial charge in [-0.25, -0.2) is 4.79 Å². The number of nitrogens with one attached hydrogen (secondary N) is 1. The largest absolute Gasteiger partial charge is 0.444 e. The van der Waals surface area contributed by atoms with Crippen LogP contribution >= 0.6 is 0 Å². The predicted molar refractivity (Wildman–Crippen MR) is 73.6 cm³/mol. The fourth-order valence-corrected chi connectivity index (χ4v) is 2.07. The number of carbonyl (C=O) groups is 2. The highest BCUT2D eigenvalue weighted by Crippen LogP contribution is 2.12. The molecule has 0 saturated carbocycles. The summed E-state index contributed by atoms with van der Waals surface area (Å²) in [6.45, 7) is 10.7. The lowest BCUT2D eigenvalue weighted by molar-refractivity contribution is -0.132. The number of rotatable bonds is 4. The summed E-state index contributed by atoms with van der Waals surface area (Å²) in [7, 11) is 0. The molecular formula is C14H25N2O3. The second-order valence-corrected chi connectivity index (χ2v) is 5.87. The van der Waals surface area contributed by atoms with Crippen LogP contribution in [0.1, 0.15) is 46.5 Å². The molecule has 1 fully saturated rings. The van der Waals surface area contributed by atoms with Gasteiger partial charge in [-0.05, 0) is 40.0 Å². The number of alkyl carbamates (subject to hydrolysis) is 1. The molecule has 0 aromatic carbocycles. The molecule has 0 aromatic rings. The fourth-order valence-electron chi connectivity index (χ4n) is 2.07. The Balaban J connectivity index is 2.56. The maximum atomic E-state index is 12.3. The van der Waals surface area contributed by atoms with Gasteiger partial charge in [-0.1, -0.05) is 13.3 Å². The molecule has 0 aromatic heterocycles. The summed E-state index contributed by atoms with van der Waals surface area (Å²) in [6, 6.07) is -0.523. The molecule has 0 spiro atoms. The molecule has 5 heteroatoms. The number of likely N-dealkylation sites (tertiary alicyclic amines) is 1. The Morgan fingerprint density at radius 2 is 1.89 bits per heavy atom. The van der Waals surface area contributed by atoms with E-state index < -0.39 is 17.7 Å². The topological polar surface area (TPSA) is 58.6 Å². The van der Waals surface area contributed by atoms with Crippen molar-refractivity contribution in [1.82, 2.24) is 10.2 Å². The summed E-state index contributed by atoms with van der Waals surface area (Å²) < 4.78 is 5.19. The summed E-state index contributed by atoms with van der Waals surface area (Å²) in [5, 5.41) is 2.66. The molecule has 1 N–H and O–H groups in total. The first-order chi connectivity index (χ1) is 8.83. The highest BCUT2D eigenvalue weighted by Gasteiger charge is 2.28. The summed E-state index contributed by atoms with van der Waals surface area (Å²) in [6.07, 6.45) is 2.66. The summed E-state index contributed by atoms with van der Waals surface area (Å²) in [5.41, 5.74) is -0.560. The van der Waals surface area contributed by atoms with E-state index in [0.717, 1.165) is 25.9 Å². The predicted octanol–water partition coefficient (Wildman–Crippen LogP) is 2.12. The van der Waals surface area contributed by atoms with Gasteiger partial charge < -0.3 is 15.0 Å². The van der Waals surface area contributed by atoms with Crippen LogP contribution in [0.2, 0.25) is 0 Å². The zero-order chi connectivity index (χ0) is 14.5. The monoisotopic (exact) mass is 269 g/mol. The number of hydrogen-bond acceptors (Lipinski definition) is 3. The minimum absolute atomic E-state index is 0.0213. The number of amides is 2. The van der Waals surface area contributed by atoms with Gasteiger partial charge in [-0.3, -0.25) is 4.79 Å². The van der Waals surface area contributed by atoms with Crippen LogP contribution in [-0.2, 0) is 9.53 Å². The summed E-state index contributed by atoms with van der Waals surface area (Å²) >= 11 is 0. The molecular weight excluding hydrogens is 244 g/mol. The normalized spacial score (nSPS) is 17.2. The number of ether oxygens (including phenoxy) is 1. The molecule has 109 valence electrons. The molecule has 5 nitrogen and oxygen atoms in total. The number of nitrogens with zero attached hydrogens (tertiary/aromatic N) is 1. The second kappa shape index (κ2) is 6.78. The van der Waals surface area contributed by atoms with Gasteiger partial charge in [-0.2, -0.15) is 0 Å². The molecule has 2 amide bonds. The van der Waals surface area contributed by atoms with Crippen molar-refractivity contribution in [1.29, 1.82) is 0 Å². The van der Waals surface area contributed by atoms with Crippen molar-refractivity contribution in [2.45, 2.75) is 58.1 Å². The molecule has 1 saturated heterocycles. The lowest BCUT2D eigenvalue weighted by Gasteiger charge is -2.26. The van der Waals surface area contributed by atoms with Crippen molar-refractivity contribution in [3.05, 3.63) is 6.92 Å². The highest BCUT2D eigenvalue weighted by atomic mass is 16.6. The van der Waals surface area contributed by atoms with Crippen LogP contribution in [0.3, 0.4) is 0 Å². The highest BCUT2D eigenvalue weighted by molar-refractivity contribution is 5.85. The van der Waals surface area contributed by atoms with Crippen LogP contribution in [0.4, 0.5) is 4.79 Å². The van der Waals surface area contributed by atoms with Crippen LogP contribution in [-0.4, -0.2) is 41.6 Å². The Hall–Kier alpha value is -1.26. The summed E-state index contributed by atoms with van der Waals surface area (Å²) in [4.78, 5) is 25.8. The van der Waals surface area contributed by atoms with Crippen LogP contribution < -0.4 is 5.32 Å². The van der Waals surface area contributed by atoms with Crippen molar-refractivity contribution >= 4 is 12.0 Å². The van der Waals surface area contributed by atoms with Crippen molar-refractivity contribution in [2.24, 2.45) is 0 Å². The van der Waals surface area contributed by atoms with E-state index in [1.165, 1.54) is 0 Å². The maximum Gasteiger partial charge on any atom is 0.408 e. The maximum absolute atomic E-state index is 12.3. The van der Waals surface area contributed by atoms with E-state index in [0.29, 0.717) is 12.8 Å². The third-order valence-corrected chi connectivity index (χ3v) is 2.90. The first kappa shape index (κ1) is 15.8. The lowest BCUT2D eigenvalue weighted by Crippen LogP contribution is -2.48. The van der Waals surface area contributed by atoms with Gasteiger partial charge >= 0.3 is 6.09 Å². The molecule has 1 aliphatic rings. The van der Waals surface area contributed by atoms with Gasteiger partial charge in [0.2, 0.25) is 5.91 Å². The standard InChI is InChI=1S/C14H25N2O3/c1-5-8-11(12(17)16-9-6-7-10-16)15-13(18)19-14(2,3)4/h11H,1,5-10H2,2-4H3,(H,15,18)/t11-/m1/s1. The van der Waals surface area contributed by atoms with E-state index >= 15 is 0 Å². The lowest BCUT2D eigenvalue weighted by atomic mass is 10.1. The minimum atomic E-state index is -0.560. The molecule has 1 heterocycles. The Bertz CT molecular complexity index is 317. The van der Waals surface area contributed by atoms with Gasteiger partial charge in [0.1, 0.15) is 11.6 Å². The third kappa shape index (κ3) is 5.49. The van der Waals surface area contributed by atoms with E-state index in [1.807, 2.05) is 0 Å². The minimum Gasteiger partial charge on any atom is -0.444 e. The summed E-state index contributed by atoms with van der Waals surface area (Å²) in [5.74, 6) is -0.0213. The molecule has 1 aliphatic heterocycles. The van der Waals surface area contributed by atoms with Crippen LogP contribution in [0.5, 0.6) is 0 Å². The van der Waals surface area contributed by atoms with E-state index in [4.69, 9.17) is 4.74 Å². The fraction of sp³-hybridized carbons (Fsp3) is 0.786. The van der Waals surface area contributed by atoms with Crippen LogP contribution in [0.15, 0.2) is 0 Å². The number of hydrogen-bond donors (Lipinski definition) is 1. The SMILES string of the molecule is [CH2]CC[C@@H](NC(=O)OC(C)(C)C)C(=O)N1CCCC1. The first-order valence-electron chi connectivity index (χ1n) is 6.91. The third-order valence-electron chi connectivity index (χ3n) is 2.90. The molecule has 0 bridgehead atoms. The van der Waals surface area contributed by atoms with Gasteiger partial charge in [-0.15, -0.1) is 0 Å². The Kier molecular flexibility index (Phi) is 5.63.